The molecule has 0 saturated heterocycles. The first-order chi connectivity index (χ1) is 46.5. The smallest absolute Gasteiger partial charge is 0.506 e. The maximum absolute atomic E-state index is 11.6. The van der Waals surface area contributed by atoms with Crippen LogP contribution in [-0.4, -0.2) is 28.6 Å². The lowest BCUT2D eigenvalue weighted by molar-refractivity contribution is -0.386. The number of aromatic hydroxyl groups is 2. The summed E-state index contributed by atoms with van der Waals surface area (Å²) in [6.07, 6.45) is 0. The van der Waals surface area contributed by atoms with Crippen LogP contribution < -0.4 is 23.5 Å². The monoisotopic (exact) mass is 1260 g/mol. The van der Waals surface area contributed by atoms with Crippen molar-refractivity contribution in [1.29, 1.82) is 0 Å². The van der Waals surface area contributed by atoms with Crippen LogP contribution in [-0.2, 0) is 10.8 Å². The van der Waals surface area contributed by atoms with Gasteiger partial charge in [-0.15, -0.1) is 0 Å². The molecule has 0 atom stereocenters. The Morgan fingerprint density at radius 2 is 0.663 bits per heavy atom. The van der Waals surface area contributed by atoms with Crippen molar-refractivity contribution < 1.29 is 38.4 Å². The molecule has 13 heteroatoms. The summed E-state index contributed by atoms with van der Waals surface area (Å²) in [5, 5.41) is 45.4. The summed E-state index contributed by atoms with van der Waals surface area (Å²) in [5.41, 5.74) is 15.2. The number of phenolic OH excluding ortho intramolecular Hbond substituents is 2. The number of fused-ring (bicyclic) bond motifs is 6. The molecule has 13 aromatic carbocycles. The molecule has 0 aromatic heterocycles. The zero-order chi connectivity index (χ0) is 64.8. The summed E-state index contributed by atoms with van der Waals surface area (Å²) in [6, 6.07) is 101. The molecule has 458 valence electrons. The van der Waals surface area contributed by atoms with Gasteiger partial charge in [0.1, 0.15) is 34.5 Å². The topological polar surface area (TPSA) is 164 Å². The van der Waals surface area contributed by atoms with Crippen molar-refractivity contribution in [3.05, 3.63) is 386 Å². The van der Waals surface area contributed by atoms with Crippen LogP contribution in [0, 0.1) is 20.2 Å². The summed E-state index contributed by atoms with van der Waals surface area (Å²) in [6.45, 7) is 4.44. The van der Waals surface area contributed by atoms with Crippen molar-refractivity contribution in [3.8, 4) is 90.5 Å². The van der Waals surface area contributed by atoms with Crippen LogP contribution in [0.3, 0.4) is 0 Å². The normalized spacial score (nSPS) is 12.9. The van der Waals surface area contributed by atoms with Gasteiger partial charge in [0.15, 0.2) is 11.5 Å². The van der Waals surface area contributed by atoms with E-state index in [0.29, 0.717) is 23.0 Å². The van der Waals surface area contributed by atoms with E-state index in [1.807, 2.05) is 133 Å². The van der Waals surface area contributed by atoms with Gasteiger partial charge in [-0.05, 0) is 144 Å². The van der Waals surface area contributed by atoms with Gasteiger partial charge < -0.3 is 28.5 Å². The van der Waals surface area contributed by atoms with Crippen LogP contribution in [0.5, 0.6) is 46.0 Å². The quantitative estimate of drug-likeness (QED) is 0.0480. The van der Waals surface area contributed by atoms with E-state index < -0.39 is 52.1 Å². The van der Waals surface area contributed by atoms with Crippen molar-refractivity contribution in [1.82, 2.24) is 0 Å². The number of hydrogen-bond acceptors (Lipinski definition) is 10. The Morgan fingerprint density at radius 1 is 0.347 bits per heavy atom. The third kappa shape index (κ3) is 10.0. The van der Waals surface area contributed by atoms with E-state index >= 15 is 0 Å². The van der Waals surface area contributed by atoms with Crippen LogP contribution in [0.25, 0.3) is 44.5 Å². The largest absolute Gasteiger partial charge is 0.523 e. The number of ether oxygens (including phenoxy) is 2. The Hall–Kier alpha value is -12.6. The maximum atomic E-state index is 11.6. The molecule has 0 unspecified atom stereocenters. The van der Waals surface area contributed by atoms with Crippen molar-refractivity contribution in [3.63, 3.8) is 0 Å². The molecule has 13 aromatic rings. The molecule has 2 aliphatic carbocycles. The van der Waals surface area contributed by atoms with E-state index in [0.717, 1.165) is 94.2 Å². The average molecular weight is 1260 g/mol. The fourth-order valence-electron chi connectivity index (χ4n) is 14.0. The summed E-state index contributed by atoms with van der Waals surface area (Å²) < 4.78 is 27.7. The predicted molar refractivity (Wildman–Crippen MR) is 371 cm³/mol. The number of hydrogen-bond donors (Lipinski definition) is 2. The van der Waals surface area contributed by atoms with E-state index in [-0.39, 0.29) is 11.5 Å². The van der Waals surface area contributed by atoms with Crippen LogP contribution in [0.1, 0.15) is 44.5 Å². The Kier molecular flexibility index (Phi) is 14.8. The molecule has 0 spiro atoms. The lowest BCUT2D eigenvalue weighted by atomic mass is 9.67. The molecule has 0 amide bonds. The second-order valence-corrected chi connectivity index (χ2v) is 26.1. The molecule has 95 heavy (non-hydrogen) atoms. The van der Waals surface area contributed by atoms with Crippen LogP contribution in [0.15, 0.2) is 322 Å². The number of phenols is 2. The minimum absolute atomic E-state index is 0.239. The fourth-order valence-corrected chi connectivity index (χ4v) is 16.4. The zero-order valence-electron chi connectivity index (χ0n) is 50.8. The van der Waals surface area contributed by atoms with Crippen molar-refractivity contribution in [2.24, 2.45) is 0 Å². The first-order valence-corrected chi connectivity index (χ1v) is 32.7. The summed E-state index contributed by atoms with van der Waals surface area (Å²) in [5.74, 6) is 1.60. The lowest BCUT2D eigenvalue weighted by Gasteiger charge is -2.35. The molecular formula is C82H56N2O10Si. The van der Waals surface area contributed by atoms with E-state index in [4.69, 9.17) is 18.3 Å². The summed E-state index contributed by atoms with van der Waals surface area (Å²) >= 11 is 0. The molecule has 0 heterocycles. The number of nitro groups is 2. The standard InChI is InChI=1S/C82H56N2O10Si/c1-2-95(64-24-10-5-11-25-64,93-60-40-34-56(35-41-60)81(71-30-16-12-26-65(71)66-27-13-17-31-72(66)81)58-38-48-79(69(50-58)54-20-6-3-7-21-54)91-62-44-46-75(83(87)88)77(85)52-62)94-61-42-36-57(37-43-61)82(73-32-18-14-28-67(73)68-29-15-19-33-74(68)82)59-39-49-80(70(51-59)55-22-8-4-9-23-55)92-63-45-47-76(84(89)90)78(86)53-63/h2-53,85-86H,1H2. The first-order valence-electron chi connectivity index (χ1n) is 30.8. The van der Waals surface area contributed by atoms with Gasteiger partial charge in [0.2, 0.25) is 0 Å². The minimum Gasteiger partial charge on any atom is -0.506 e. The highest BCUT2D eigenvalue weighted by atomic mass is 28.4. The molecule has 0 saturated carbocycles. The average Bonchev–Trinajstić information content (AvgIpc) is 1.57. The zero-order valence-corrected chi connectivity index (χ0v) is 51.8. The molecular weight excluding hydrogens is 1200 g/mol. The van der Waals surface area contributed by atoms with Gasteiger partial charge in [-0.1, -0.05) is 231 Å². The van der Waals surface area contributed by atoms with Crippen LogP contribution in [0.4, 0.5) is 11.4 Å². The Bertz CT molecular complexity index is 4750. The number of benzene rings is 13. The van der Waals surface area contributed by atoms with Crippen LogP contribution in [0.2, 0.25) is 0 Å². The summed E-state index contributed by atoms with van der Waals surface area (Å²) in [4.78, 5) is 22.0. The van der Waals surface area contributed by atoms with Gasteiger partial charge in [0.05, 0.1) is 20.7 Å². The number of nitro benzene ring substituents is 2. The third-order valence-corrected chi connectivity index (χ3v) is 21.0. The number of nitrogens with zero attached hydrogens (tertiary/aromatic N) is 2. The van der Waals surface area contributed by atoms with E-state index in [1.165, 1.54) is 36.4 Å². The van der Waals surface area contributed by atoms with Gasteiger partial charge in [0.25, 0.3) is 0 Å². The van der Waals surface area contributed by atoms with Gasteiger partial charge in [-0.25, -0.2) is 0 Å². The Labute approximate surface area is 548 Å². The highest BCUT2D eigenvalue weighted by molar-refractivity contribution is 6.86. The predicted octanol–water partition coefficient (Wildman–Crippen LogP) is 19.1. The van der Waals surface area contributed by atoms with Crippen molar-refractivity contribution >= 4 is 25.1 Å². The molecule has 2 aliphatic rings. The first kappa shape index (κ1) is 58.8. The second kappa shape index (κ2) is 23.9. The molecule has 2 N–H and O–H groups in total. The van der Waals surface area contributed by atoms with E-state index in [1.54, 1.807) is 0 Å². The molecule has 0 fully saturated rings. The van der Waals surface area contributed by atoms with Gasteiger partial charge in [0, 0.05) is 40.6 Å². The molecule has 0 bridgehead atoms. The molecule has 15 rings (SSSR count). The second-order valence-electron chi connectivity index (χ2n) is 23.3. The Morgan fingerprint density at radius 3 is 1.00 bits per heavy atom. The number of rotatable bonds is 18. The lowest BCUT2D eigenvalue weighted by Crippen LogP contribution is -2.58. The minimum atomic E-state index is -3.67. The summed E-state index contributed by atoms with van der Waals surface area (Å²) in [7, 11) is -3.67. The highest BCUT2D eigenvalue weighted by Gasteiger charge is 2.49. The van der Waals surface area contributed by atoms with E-state index in [2.05, 4.69) is 152 Å². The third-order valence-electron chi connectivity index (χ3n) is 18.2. The highest BCUT2D eigenvalue weighted by Crippen LogP contribution is 2.59. The van der Waals surface area contributed by atoms with Crippen molar-refractivity contribution in [2.75, 3.05) is 0 Å². The SMILES string of the molecule is C=C[Si](Oc1ccc(C2(c3ccc(Oc4ccc([N+](=O)[O-])c(O)c4)c(-c4ccccc4)c3)c3ccccc3-c3ccccc32)cc1)(Oc1ccc(C2(c3ccc(Oc4ccc([N+](=O)[O-])c(O)c4)c(-c4ccccc4)c3)c3ccccc3-c3ccccc32)cc1)c1ccccc1. The van der Waals surface area contributed by atoms with Gasteiger partial charge in [-0.3, -0.25) is 20.2 Å². The molecule has 12 nitrogen and oxygen atoms in total. The Balaban J connectivity index is 0.818. The van der Waals surface area contributed by atoms with Crippen molar-refractivity contribution in [2.45, 2.75) is 10.8 Å². The molecule has 0 radical (unpaired) electrons. The van der Waals surface area contributed by atoms with E-state index in [9.17, 15) is 30.4 Å². The van der Waals surface area contributed by atoms with Gasteiger partial charge in [-0.2, -0.15) is 0 Å². The fraction of sp³-hybridized carbons (Fsp3) is 0.0244. The van der Waals surface area contributed by atoms with Gasteiger partial charge >= 0.3 is 19.9 Å². The molecule has 0 aliphatic heterocycles. The van der Waals surface area contributed by atoms with Crippen LogP contribution >= 0.6 is 0 Å². The maximum Gasteiger partial charge on any atom is 0.523 e.